The van der Waals surface area contributed by atoms with E-state index in [-0.39, 0.29) is 36.4 Å². The average Bonchev–Trinajstić information content (AvgIpc) is 2.81. The predicted octanol–water partition coefficient (Wildman–Crippen LogP) is 2.38. The van der Waals surface area contributed by atoms with Crippen molar-refractivity contribution < 1.29 is 9.53 Å². The van der Waals surface area contributed by atoms with E-state index in [1.165, 1.54) is 51.4 Å². The van der Waals surface area contributed by atoms with Crippen molar-refractivity contribution in [3.8, 4) is 0 Å². The van der Waals surface area contributed by atoms with Crippen molar-refractivity contribution in [2.24, 2.45) is 10.4 Å². The highest BCUT2D eigenvalue weighted by molar-refractivity contribution is 14.0. The summed E-state index contributed by atoms with van der Waals surface area (Å²) in [5.41, 5.74) is 0.465. The van der Waals surface area contributed by atoms with Crippen LogP contribution in [0, 0.1) is 5.41 Å². The molecule has 0 atom stereocenters. The second-order valence-electron chi connectivity index (χ2n) is 7.18. The molecule has 1 saturated heterocycles. The molecule has 2 rings (SSSR count). The molecule has 1 aliphatic heterocycles. The van der Waals surface area contributed by atoms with E-state index in [0.717, 1.165) is 19.0 Å². The Bertz CT molecular complexity index is 423. The summed E-state index contributed by atoms with van der Waals surface area (Å²) in [6, 6.07) is 0. The Morgan fingerprint density at radius 3 is 2.44 bits per heavy atom. The number of methoxy groups -OCH3 is 1. The number of carbonyl (C=O) groups excluding carboxylic acids is 1. The Morgan fingerprint density at radius 1 is 1.12 bits per heavy atom. The number of aliphatic imine (C=N–C) groups is 1. The first-order chi connectivity index (χ1) is 11.7. The first-order valence-corrected chi connectivity index (χ1v) is 9.40. The molecule has 2 aliphatic rings. The van der Waals surface area contributed by atoms with Crippen LogP contribution in [-0.4, -0.2) is 63.7 Å². The van der Waals surface area contributed by atoms with E-state index in [9.17, 15) is 4.79 Å². The molecule has 0 aromatic carbocycles. The highest BCUT2D eigenvalue weighted by Gasteiger charge is 2.36. The van der Waals surface area contributed by atoms with Gasteiger partial charge < -0.3 is 20.3 Å². The van der Waals surface area contributed by atoms with Gasteiger partial charge in [-0.25, -0.2) is 0 Å². The molecule has 1 saturated carbocycles. The molecule has 0 bridgehead atoms. The zero-order chi connectivity index (χ0) is 17.3. The lowest BCUT2D eigenvalue weighted by atomic mass is 9.74. The molecule has 6 nitrogen and oxygen atoms in total. The Balaban J connectivity index is 0.00000312. The average molecular weight is 466 g/mol. The van der Waals surface area contributed by atoms with Crippen molar-refractivity contribution in [3.63, 3.8) is 0 Å². The molecule has 0 radical (unpaired) electrons. The smallest absolute Gasteiger partial charge is 0.239 e. The van der Waals surface area contributed by atoms with Gasteiger partial charge in [0.1, 0.15) is 0 Å². The number of halogens is 1. The Morgan fingerprint density at radius 2 is 1.80 bits per heavy atom. The second kappa shape index (κ2) is 11.9. The molecule has 146 valence electrons. The number of hydrogen-bond acceptors (Lipinski definition) is 3. The van der Waals surface area contributed by atoms with Gasteiger partial charge in [-0.3, -0.25) is 9.79 Å². The summed E-state index contributed by atoms with van der Waals surface area (Å²) >= 11 is 0. The molecular formula is C18H35IN4O2. The molecule has 1 spiro atoms. The number of hydrogen-bond donors (Lipinski definition) is 2. The standard InChI is InChI=1S/C18H34N4O2.HI/c1-19-17(21-14-16(23)20-11-13-24-2)22-12-7-10-18(15-22)8-5-3-4-6-9-18;/h3-15H2,1-2H3,(H,19,21)(H,20,23);1H. The van der Waals surface area contributed by atoms with Crippen LogP contribution in [0.3, 0.4) is 0 Å². The third kappa shape index (κ3) is 7.29. The van der Waals surface area contributed by atoms with Gasteiger partial charge in [0.2, 0.25) is 5.91 Å². The monoisotopic (exact) mass is 466 g/mol. The van der Waals surface area contributed by atoms with E-state index >= 15 is 0 Å². The van der Waals surface area contributed by atoms with Crippen LogP contribution in [0.5, 0.6) is 0 Å². The lowest BCUT2D eigenvalue weighted by Crippen LogP contribution is -2.52. The third-order valence-corrected chi connectivity index (χ3v) is 5.37. The van der Waals surface area contributed by atoms with Gasteiger partial charge in [-0.15, -0.1) is 24.0 Å². The maximum Gasteiger partial charge on any atom is 0.239 e. The van der Waals surface area contributed by atoms with Gasteiger partial charge in [0.15, 0.2) is 5.96 Å². The fraction of sp³-hybridized carbons (Fsp3) is 0.889. The highest BCUT2D eigenvalue weighted by atomic mass is 127. The predicted molar refractivity (Wildman–Crippen MR) is 113 cm³/mol. The van der Waals surface area contributed by atoms with E-state index in [1.54, 1.807) is 14.2 Å². The number of ether oxygens (including phenoxy) is 1. The molecule has 25 heavy (non-hydrogen) atoms. The molecule has 1 amide bonds. The van der Waals surface area contributed by atoms with E-state index in [0.29, 0.717) is 18.6 Å². The van der Waals surface area contributed by atoms with E-state index in [2.05, 4.69) is 20.5 Å². The van der Waals surface area contributed by atoms with Crippen LogP contribution in [0.1, 0.15) is 51.4 Å². The van der Waals surface area contributed by atoms with E-state index in [4.69, 9.17) is 4.74 Å². The van der Waals surface area contributed by atoms with Crippen molar-refractivity contribution in [2.75, 3.05) is 46.9 Å². The van der Waals surface area contributed by atoms with Gasteiger partial charge in [-0.2, -0.15) is 0 Å². The molecule has 0 unspecified atom stereocenters. The van der Waals surface area contributed by atoms with Crippen LogP contribution >= 0.6 is 24.0 Å². The van der Waals surface area contributed by atoms with Gasteiger partial charge in [0.05, 0.1) is 13.2 Å². The van der Waals surface area contributed by atoms with Gasteiger partial charge in [-0.05, 0) is 31.1 Å². The molecular weight excluding hydrogens is 431 g/mol. The first-order valence-electron chi connectivity index (χ1n) is 9.40. The van der Waals surface area contributed by atoms with Crippen LogP contribution < -0.4 is 10.6 Å². The third-order valence-electron chi connectivity index (χ3n) is 5.37. The van der Waals surface area contributed by atoms with Crippen LogP contribution in [-0.2, 0) is 9.53 Å². The summed E-state index contributed by atoms with van der Waals surface area (Å²) in [7, 11) is 3.44. The Hall–Kier alpha value is -0.570. The van der Waals surface area contributed by atoms with Crippen LogP contribution in [0.15, 0.2) is 4.99 Å². The van der Waals surface area contributed by atoms with Crippen molar-refractivity contribution in [1.82, 2.24) is 15.5 Å². The molecule has 0 aromatic heterocycles. The molecule has 1 heterocycles. The Labute approximate surface area is 169 Å². The summed E-state index contributed by atoms with van der Waals surface area (Å²) in [4.78, 5) is 18.6. The van der Waals surface area contributed by atoms with Gasteiger partial charge in [0.25, 0.3) is 0 Å². The zero-order valence-electron chi connectivity index (χ0n) is 15.8. The van der Waals surface area contributed by atoms with Crippen LogP contribution in [0.4, 0.5) is 0 Å². The minimum Gasteiger partial charge on any atom is -0.383 e. The van der Waals surface area contributed by atoms with E-state index < -0.39 is 0 Å². The largest absolute Gasteiger partial charge is 0.383 e. The lowest BCUT2D eigenvalue weighted by molar-refractivity contribution is -0.120. The van der Waals surface area contributed by atoms with Gasteiger partial charge in [-0.1, -0.05) is 25.7 Å². The lowest BCUT2D eigenvalue weighted by Gasteiger charge is -2.44. The minimum atomic E-state index is -0.0191. The molecule has 2 fully saturated rings. The second-order valence-corrected chi connectivity index (χ2v) is 7.18. The summed E-state index contributed by atoms with van der Waals surface area (Å²) in [5.74, 6) is 0.842. The van der Waals surface area contributed by atoms with Gasteiger partial charge >= 0.3 is 0 Å². The summed E-state index contributed by atoms with van der Waals surface area (Å²) in [6.45, 7) is 3.46. The fourth-order valence-electron chi connectivity index (χ4n) is 4.12. The number of nitrogens with zero attached hydrogens (tertiary/aromatic N) is 2. The molecule has 0 aromatic rings. The minimum absolute atomic E-state index is 0. The normalized spacial score (nSPS) is 20.6. The molecule has 1 aliphatic carbocycles. The zero-order valence-corrected chi connectivity index (χ0v) is 18.1. The number of guanidine groups is 1. The number of amides is 1. The summed E-state index contributed by atoms with van der Waals surface area (Å²) < 4.78 is 4.94. The van der Waals surface area contributed by atoms with Gasteiger partial charge in [0, 0.05) is 33.8 Å². The topological polar surface area (TPSA) is 66.0 Å². The van der Waals surface area contributed by atoms with Crippen molar-refractivity contribution in [2.45, 2.75) is 51.4 Å². The first kappa shape index (κ1) is 22.5. The SMILES string of the molecule is CN=C(NCC(=O)NCCOC)N1CCCC2(CCCCCC2)C1.I. The van der Waals surface area contributed by atoms with Crippen LogP contribution in [0.25, 0.3) is 0 Å². The number of likely N-dealkylation sites (tertiary alicyclic amines) is 1. The number of carbonyl (C=O) groups is 1. The summed E-state index contributed by atoms with van der Waals surface area (Å²) in [6.07, 6.45) is 10.8. The van der Waals surface area contributed by atoms with Crippen molar-refractivity contribution in [3.05, 3.63) is 0 Å². The molecule has 2 N–H and O–H groups in total. The number of nitrogens with one attached hydrogen (secondary N) is 2. The summed E-state index contributed by atoms with van der Waals surface area (Å²) in [5, 5.41) is 6.06. The quantitative estimate of drug-likeness (QED) is 0.283. The number of rotatable bonds is 5. The van der Waals surface area contributed by atoms with Crippen molar-refractivity contribution in [1.29, 1.82) is 0 Å². The fourth-order valence-corrected chi connectivity index (χ4v) is 4.12. The Kier molecular flexibility index (Phi) is 10.7. The van der Waals surface area contributed by atoms with Crippen molar-refractivity contribution >= 4 is 35.8 Å². The highest BCUT2D eigenvalue weighted by Crippen LogP contribution is 2.42. The van der Waals surface area contributed by atoms with Crippen LogP contribution in [0.2, 0.25) is 0 Å². The maximum atomic E-state index is 11.9. The molecule has 7 heteroatoms. The van der Waals surface area contributed by atoms with E-state index in [1.807, 2.05) is 0 Å². The maximum absolute atomic E-state index is 11.9. The number of piperidine rings is 1.